The van der Waals surface area contributed by atoms with E-state index < -0.39 is 10.0 Å². The van der Waals surface area contributed by atoms with E-state index in [-0.39, 0.29) is 10.9 Å². The number of sulfonamides is 1. The average molecular weight is 353 g/mol. The predicted molar refractivity (Wildman–Crippen MR) is 98.9 cm³/mol. The van der Waals surface area contributed by atoms with E-state index in [1.54, 1.807) is 12.1 Å². The van der Waals surface area contributed by atoms with Crippen LogP contribution in [-0.4, -0.2) is 19.4 Å². The SMILES string of the molecule is CC1Cc2cc(S(N)(=O)=O)ccc2N1Cc1cccc2cccnc12. The van der Waals surface area contributed by atoms with Crippen LogP contribution in [0.2, 0.25) is 0 Å². The summed E-state index contributed by atoms with van der Waals surface area (Å²) in [6.07, 6.45) is 2.61. The molecular weight excluding hydrogens is 334 g/mol. The van der Waals surface area contributed by atoms with Crippen molar-refractivity contribution in [3.8, 4) is 0 Å². The third-order valence-electron chi connectivity index (χ3n) is 4.79. The minimum atomic E-state index is -3.68. The smallest absolute Gasteiger partial charge is 0.238 e. The number of nitrogens with two attached hydrogens (primary N) is 1. The van der Waals surface area contributed by atoms with Gasteiger partial charge >= 0.3 is 0 Å². The van der Waals surface area contributed by atoms with Gasteiger partial charge in [-0.25, -0.2) is 13.6 Å². The van der Waals surface area contributed by atoms with Gasteiger partial charge in [-0.15, -0.1) is 0 Å². The second-order valence-corrected chi connectivity index (χ2v) is 8.07. The highest BCUT2D eigenvalue weighted by atomic mass is 32.2. The molecule has 4 rings (SSSR count). The first-order valence-electron chi connectivity index (χ1n) is 8.18. The highest BCUT2D eigenvalue weighted by Crippen LogP contribution is 2.35. The lowest BCUT2D eigenvalue weighted by Crippen LogP contribution is -2.28. The van der Waals surface area contributed by atoms with E-state index in [2.05, 4.69) is 35.0 Å². The first-order valence-corrected chi connectivity index (χ1v) is 9.73. The first kappa shape index (κ1) is 16.1. The van der Waals surface area contributed by atoms with Gasteiger partial charge in [0.2, 0.25) is 10.0 Å². The van der Waals surface area contributed by atoms with Crippen molar-refractivity contribution in [3.63, 3.8) is 0 Å². The molecule has 128 valence electrons. The number of benzene rings is 2. The van der Waals surface area contributed by atoms with Gasteiger partial charge in [0.1, 0.15) is 0 Å². The van der Waals surface area contributed by atoms with Crippen LogP contribution in [0.4, 0.5) is 5.69 Å². The molecular formula is C19H19N3O2S. The number of nitrogens with zero attached hydrogens (tertiary/aromatic N) is 2. The van der Waals surface area contributed by atoms with Crippen LogP contribution in [0.5, 0.6) is 0 Å². The molecule has 0 aliphatic carbocycles. The van der Waals surface area contributed by atoms with E-state index in [0.717, 1.165) is 40.7 Å². The molecule has 0 saturated carbocycles. The fourth-order valence-electron chi connectivity index (χ4n) is 3.57. The maximum Gasteiger partial charge on any atom is 0.238 e. The highest BCUT2D eigenvalue weighted by molar-refractivity contribution is 7.89. The van der Waals surface area contributed by atoms with Gasteiger partial charge in [-0.3, -0.25) is 4.98 Å². The van der Waals surface area contributed by atoms with Crippen molar-refractivity contribution in [1.82, 2.24) is 4.98 Å². The third kappa shape index (κ3) is 2.88. The highest BCUT2D eigenvalue weighted by Gasteiger charge is 2.27. The van der Waals surface area contributed by atoms with Crippen molar-refractivity contribution < 1.29 is 8.42 Å². The Morgan fingerprint density at radius 1 is 1.20 bits per heavy atom. The van der Waals surface area contributed by atoms with Crippen molar-refractivity contribution >= 4 is 26.6 Å². The zero-order chi connectivity index (χ0) is 17.6. The van der Waals surface area contributed by atoms with E-state index in [0.29, 0.717) is 0 Å². The maximum atomic E-state index is 11.6. The molecule has 1 atom stereocenters. The van der Waals surface area contributed by atoms with Crippen LogP contribution in [0.15, 0.2) is 59.6 Å². The summed E-state index contributed by atoms with van der Waals surface area (Å²) < 4.78 is 23.2. The van der Waals surface area contributed by atoms with E-state index in [4.69, 9.17) is 5.14 Å². The van der Waals surface area contributed by atoms with Gasteiger partial charge in [0.05, 0.1) is 10.4 Å². The second-order valence-electron chi connectivity index (χ2n) is 6.51. The normalized spacial score (nSPS) is 17.0. The molecule has 0 spiro atoms. The van der Waals surface area contributed by atoms with Crippen LogP contribution in [0.1, 0.15) is 18.1 Å². The van der Waals surface area contributed by atoms with Gasteiger partial charge in [0, 0.05) is 29.9 Å². The summed E-state index contributed by atoms with van der Waals surface area (Å²) >= 11 is 0. The van der Waals surface area contributed by atoms with Gasteiger partial charge in [0.25, 0.3) is 0 Å². The molecule has 0 fully saturated rings. The van der Waals surface area contributed by atoms with Crippen molar-refractivity contribution in [1.29, 1.82) is 0 Å². The van der Waals surface area contributed by atoms with Crippen LogP contribution < -0.4 is 10.0 Å². The minimum absolute atomic E-state index is 0.173. The maximum absolute atomic E-state index is 11.6. The zero-order valence-electron chi connectivity index (χ0n) is 13.9. The average Bonchev–Trinajstić information content (AvgIpc) is 2.89. The van der Waals surface area contributed by atoms with Gasteiger partial charge in [-0.1, -0.05) is 24.3 Å². The minimum Gasteiger partial charge on any atom is -0.364 e. The van der Waals surface area contributed by atoms with Crippen molar-refractivity contribution in [2.45, 2.75) is 30.8 Å². The molecule has 2 heterocycles. The number of fused-ring (bicyclic) bond motifs is 2. The Balaban J connectivity index is 1.73. The van der Waals surface area contributed by atoms with Gasteiger partial charge in [-0.05, 0) is 48.7 Å². The number of hydrogen-bond donors (Lipinski definition) is 1. The molecule has 3 aromatic rings. The van der Waals surface area contributed by atoms with Crippen LogP contribution in [0.3, 0.4) is 0 Å². The fraction of sp³-hybridized carbons (Fsp3) is 0.211. The molecule has 25 heavy (non-hydrogen) atoms. The van der Waals surface area contributed by atoms with Crippen LogP contribution in [0.25, 0.3) is 10.9 Å². The Labute approximate surface area is 147 Å². The number of para-hydroxylation sites is 1. The molecule has 1 unspecified atom stereocenters. The molecule has 5 nitrogen and oxygen atoms in total. The molecule has 0 amide bonds. The largest absolute Gasteiger partial charge is 0.364 e. The Bertz CT molecular complexity index is 1060. The van der Waals surface area contributed by atoms with E-state index >= 15 is 0 Å². The molecule has 2 N–H and O–H groups in total. The summed E-state index contributed by atoms with van der Waals surface area (Å²) in [6.45, 7) is 2.88. The Morgan fingerprint density at radius 3 is 2.80 bits per heavy atom. The van der Waals surface area contributed by atoms with Crippen LogP contribution in [-0.2, 0) is 23.0 Å². The fourth-order valence-corrected chi connectivity index (χ4v) is 4.13. The molecule has 1 aliphatic rings. The van der Waals surface area contributed by atoms with Crippen molar-refractivity contribution in [3.05, 3.63) is 65.9 Å². The van der Waals surface area contributed by atoms with Gasteiger partial charge in [-0.2, -0.15) is 0 Å². The summed E-state index contributed by atoms with van der Waals surface area (Å²) in [5, 5.41) is 6.38. The summed E-state index contributed by atoms with van der Waals surface area (Å²) in [6, 6.07) is 15.6. The van der Waals surface area contributed by atoms with Gasteiger partial charge < -0.3 is 4.90 Å². The lowest BCUT2D eigenvalue weighted by molar-refractivity contribution is 0.597. The Kier molecular flexibility index (Phi) is 3.74. The third-order valence-corrected chi connectivity index (χ3v) is 5.70. The lowest BCUT2D eigenvalue weighted by Gasteiger charge is -2.25. The first-order chi connectivity index (χ1) is 11.9. The number of aromatic nitrogens is 1. The Morgan fingerprint density at radius 2 is 2.00 bits per heavy atom. The molecule has 0 saturated heterocycles. The lowest BCUT2D eigenvalue weighted by atomic mass is 10.1. The van der Waals surface area contributed by atoms with Gasteiger partial charge in [0.15, 0.2) is 0 Å². The second kappa shape index (κ2) is 5.82. The number of anilines is 1. The summed E-state index contributed by atoms with van der Waals surface area (Å²) in [5.41, 5.74) is 4.25. The molecule has 1 aromatic heterocycles. The molecule has 6 heteroatoms. The molecule has 2 aromatic carbocycles. The summed E-state index contributed by atoms with van der Waals surface area (Å²) in [4.78, 5) is 7.00. The Hall–Kier alpha value is -2.44. The number of hydrogen-bond acceptors (Lipinski definition) is 4. The number of pyridine rings is 1. The van der Waals surface area contributed by atoms with Crippen molar-refractivity contribution in [2.24, 2.45) is 5.14 Å². The van der Waals surface area contributed by atoms with E-state index in [1.807, 2.05) is 24.4 Å². The van der Waals surface area contributed by atoms with E-state index in [9.17, 15) is 8.42 Å². The van der Waals surface area contributed by atoms with Crippen LogP contribution in [0, 0.1) is 0 Å². The summed E-state index contributed by atoms with van der Waals surface area (Å²) in [5.74, 6) is 0. The predicted octanol–water partition coefficient (Wildman–Crippen LogP) is 2.83. The zero-order valence-corrected chi connectivity index (χ0v) is 14.7. The topological polar surface area (TPSA) is 76.3 Å². The monoisotopic (exact) mass is 353 g/mol. The summed E-state index contributed by atoms with van der Waals surface area (Å²) in [7, 11) is -3.68. The molecule has 1 aliphatic heterocycles. The molecule has 0 radical (unpaired) electrons. The standard InChI is InChI=1S/C19H19N3O2S/c1-13-10-16-11-17(25(20,23)24)7-8-18(16)22(13)12-15-5-2-4-14-6-3-9-21-19(14)15/h2-9,11,13H,10,12H2,1H3,(H2,20,23,24). The molecule has 0 bridgehead atoms. The van der Waals surface area contributed by atoms with Crippen molar-refractivity contribution in [2.75, 3.05) is 4.90 Å². The quantitative estimate of drug-likeness (QED) is 0.785. The number of rotatable bonds is 3. The van der Waals surface area contributed by atoms with E-state index in [1.165, 1.54) is 0 Å². The van der Waals surface area contributed by atoms with Crippen LogP contribution >= 0.6 is 0 Å². The number of primary sulfonamides is 1.